The quantitative estimate of drug-likeness (QED) is 0.703. The van der Waals surface area contributed by atoms with Gasteiger partial charge in [0.2, 0.25) is 0 Å². The summed E-state index contributed by atoms with van der Waals surface area (Å²) >= 11 is 6.01. The van der Waals surface area contributed by atoms with Gasteiger partial charge in [-0.15, -0.1) is 0 Å². The topological polar surface area (TPSA) is 67.4 Å². The number of fused-ring (bicyclic) bond motifs is 1. The minimum absolute atomic E-state index is 0.0354. The van der Waals surface area contributed by atoms with Crippen LogP contribution < -0.4 is 4.90 Å². The monoisotopic (exact) mass is 359 g/mol. The summed E-state index contributed by atoms with van der Waals surface area (Å²) in [5, 5.41) is 4.83. The third-order valence-electron chi connectivity index (χ3n) is 4.32. The zero-order valence-electron chi connectivity index (χ0n) is 13.9. The predicted octanol–water partition coefficient (Wildman–Crippen LogP) is 2.57. The van der Waals surface area contributed by atoms with Gasteiger partial charge in [-0.1, -0.05) is 11.6 Å². The van der Waals surface area contributed by atoms with E-state index in [1.54, 1.807) is 36.1 Å². The number of hydrogen-bond donors (Lipinski definition) is 0. The van der Waals surface area contributed by atoms with Gasteiger partial charge in [0.25, 0.3) is 11.9 Å². The Hall–Kier alpha value is -2.54. The third-order valence-corrected chi connectivity index (χ3v) is 4.56. The van der Waals surface area contributed by atoms with E-state index in [2.05, 4.69) is 15.0 Å². The highest BCUT2D eigenvalue weighted by molar-refractivity contribution is 6.31. The number of carbonyl (C=O) groups is 1. The SMILES string of the molecule is Cn1ccc(C(=O)N2CCCN(c3nc4cc(Cl)ccc4o3)CC2)n1. The molecule has 0 bridgehead atoms. The molecule has 1 aromatic carbocycles. The Morgan fingerprint density at radius 3 is 2.88 bits per heavy atom. The fraction of sp³-hybridized carbons (Fsp3) is 0.353. The summed E-state index contributed by atoms with van der Waals surface area (Å²) < 4.78 is 7.48. The fourth-order valence-electron chi connectivity index (χ4n) is 3.03. The third kappa shape index (κ3) is 3.19. The van der Waals surface area contributed by atoms with Crippen molar-refractivity contribution in [3.05, 3.63) is 41.2 Å². The zero-order valence-corrected chi connectivity index (χ0v) is 14.6. The molecule has 1 amide bonds. The second-order valence-corrected chi connectivity index (χ2v) is 6.55. The summed E-state index contributed by atoms with van der Waals surface area (Å²) in [4.78, 5) is 21.0. The predicted molar refractivity (Wildman–Crippen MR) is 95.0 cm³/mol. The molecule has 0 unspecified atom stereocenters. The van der Waals surface area contributed by atoms with E-state index < -0.39 is 0 Å². The number of halogens is 1. The lowest BCUT2D eigenvalue weighted by molar-refractivity contribution is 0.0760. The molecule has 0 saturated carbocycles. The summed E-state index contributed by atoms with van der Waals surface area (Å²) in [5.41, 5.74) is 1.94. The van der Waals surface area contributed by atoms with Crippen molar-refractivity contribution in [3.8, 4) is 0 Å². The highest BCUT2D eigenvalue weighted by atomic mass is 35.5. The van der Waals surface area contributed by atoms with Crippen LogP contribution in [0.3, 0.4) is 0 Å². The molecule has 3 heterocycles. The number of hydrogen-bond acceptors (Lipinski definition) is 5. The molecule has 8 heteroatoms. The van der Waals surface area contributed by atoms with Crippen molar-refractivity contribution in [2.75, 3.05) is 31.1 Å². The molecule has 1 aliphatic rings. The van der Waals surface area contributed by atoms with Crippen LogP contribution in [0.4, 0.5) is 6.01 Å². The molecule has 7 nitrogen and oxygen atoms in total. The molecule has 4 rings (SSSR count). The number of nitrogens with zero attached hydrogens (tertiary/aromatic N) is 5. The Morgan fingerprint density at radius 1 is 1.20 bits per heavy atom. The van der Waals surface area contributed by atoms with E-state index in [1.165, 1.54) is 0 Å². The van der Waals surface area contributed by atoms with E-state index >= 15 is 0 Å². The lowest BCUT2D eigenvalue weighted by atomic mass is 10.3. The molecule has 1 fully saturated rings. The van der Waals surface area contributed by atoms with Crippen LogP contribution >= 0.6 is 11.6 Å². The van der Waals surface area contributed by atoms with E-state index in [0.717, 1.165) is 18.5 Å². The second kappa shape index (κ2) is 6.40. The Morgan fingerprint density at radius 2 is 2.08 bits per heavy atom. The maximum Gasteiger partial charge on any atom is 0.298 e. The van der Waals surface area contributed by atoms with Crippen LogP contribution in [0.5, 0.6) is 0 Å². The lowest BCUT2D eigenvalue weighted by Crippen LogP contribution is -2.35. The van der Waals surface area contributed by atoms with Gasteiger partial charge in [0.05, 0.1) is 0 Å². The average Bonchev–Trinajstić information content (AvgIpc) is 3.12. The zero-order chi connectivity index (χ0) is 17.4. The van der Waals surface area contributed by atoms with Crippen molar-refractivity contribution in [1.82, 2.24) is 19.7 Å². The van der Waals surface area contributed by atoms with E-state index in [0.29, 0.717) is 41.9 Å². The van der Waals surface area contributed by atoms with Gasteiger partial charge in [0, 0.05) is 44.4 Å². The number of anilines is 1. The van der Waals surface area contributed by atoms with Crippen LogP contribution in [-0.2, 0) is 7.05 Å². The van der Waals surface area contributed by atoms with Crippen LogP contribution in [0.15, 0.2) is 34.9 Å². The van der Waals surface area contributed by atoms with Crippen LogP contribution in [-0.4, -0.2) is 51.8 Å². The number of rotatable bonds is 2. The molecule has 25 heavy (non-hydrogen) atoms. The van der Waals surface area contributed by atoms with Gasteiger partial charge in [0.1, 0.15) is 11.2 Å². The largest absolute Gasteiger partial charge is 0.423 e. The van der Waals surface area contributed by atoms with Gasteiger partial charge in [0.15, 0.2) is 5.58 Å². The Balaban J connectivity index is 1.49. The van der Waals surface area contributed by atoms with E-state index in [-0.39, 0.29) is 5.91 Å². The van der Waals surface area contributed by atoms with Gasteiger partial charge in [-0.2, -0.15) is 10.1 Å². The van der Waals surface area contributed by atoms with Crippen molar-refractivity contribution in [3.63, 3.8) is 0 Å². The first-order chi connectivity index (χ1) is 12.1. The normalized spacial score (nSPS) is 15.6. The van der Waals surface area contributed by atoms with Crippen molar-refractivity contribution >= 4 is 34.6 Å². The highest BCUT2D eigenvalue weighted by Gasteiger charge is 2.24. The van der Waals surface area contributed by atoms with Crippen LogP contribution in [0.25, 0.3) is 11.1 Å². The van der Waals surface area contributed by atoms with Gasteiger partial charge in [-0.3, -0.25) is 9.48 Å². The molecule has 0 N–H and O–H groups in total. The van der Waals surface area contributed by atoms with E-state index in [1.807, 2.05) is 11.0 Å². The van der Waals surface area contributed by atoms with E-state index in [9.17, 15) is 4.79 Å². The van der Waals surface area contributed by atoms with Gasteiger partial charge in [-0.05, 0) is 30.7 Å². The average molecular weight is 360 g/mol. The highest BCUT2D eigenvalue weighted by Crippen LogP contribution is 2.25. The molecule has 1 aliphatic heterocycles. The second-order valence-electron chi connectivity index (χ2n) is 6.12. The standard InChI is InChI=1S/C17H18ClN5O2/c1-21-8-5-13(20-21)16(24)22-6-2-7-23(10-9-22)17-19-14-11-12(18)3-4-15(14)25-17/h3-5,8,11H,2,6-7,9-10H2,1H3. The van der Waals surface area contributed by atoms with Crippen molar-refractivity contribution in [2.24, 2.45) is 7.05 Å². The first-order valence-corrected chi connectivity index (χ1v) is 8.58. The van der Waals surface area contributed by atoms with E-state index in [4.69, 9.17) is 16.0 Å². The maximum absolute atomic E-state index is 12.6. The summed E-state index contributed by atoms with van der Waals surface area (Å²) in [6.07, 6.45) is 2.62. The number of aryl methyl sites for hydroxylation is 1. The Bertz CT molecular complexity index is 919. The summed E-state index contributed by atoms with van der Waals surface area (Å²) in [7, 11) is 1.81. The van der Waals surface area contributed by atoms with Crippen molar-refractivity contribution < 1.29 is 9.21 Å². The van der Waals surface area contributed by atoms with Crippen molar-refractivity contribution in [2.45, 2.75) is 6.42 Å². The molecule has 0 spiro atoms. The molecular weight excluding hydrogens is 342 g/mol. The molecule has 1 saturated heterocycles. The molecule has 0 radical (unpaired) electrons. The molecule has 3 aromatic rings. The van der Waals surface area contributed by atoms with Crippen LogP contribution in [0.1, 0.15) is 16.9 Å². The number of oxazole rings is 1. The molecule has 2 aromatic heterocycles. The fourth-order valence-corrected chi connectivity index (χ4v) is 3.19. The van der Waals surface area contributed by atoms with Gasteiger partial charge in [-0.25, -0.2) is 0 Å². The van der Waals surface area contributed by atoms with Crippen LogP contribution in [0, 0.1) is 0 Å². The number of benzene rings is 1. The minimum Gasteiger partial charge on any atom is -0.423 e. The molecule has 0 atom stereocenters. The molecular formula is C17H18ClN5O2. The van der Waals surface area contributed by atoms with Gasteiger partial charge < -0.3 is 14.2 Å². The number of amides is 1. The number of carbonyl (C=O) groups excluding carboxylic acids is 1. The Kier molecular flexibility index (Phi) is 4.09. The first-order valence-electron chi connectivity index (χ1n) is 8.20. The molecule has 0 aliphatic carbocycles. The van der Waals surface area contributed by atoms with Crippen LogP contribution in [0.2, 0.25) is 5.02 Å². The van der Waals surface area contributed by atoms with Crippen molar-refractivity contribution in [1.29, 1.82) is 0 Å². The Labute approximate surface area is 149 Å². The lowest BCUT2D eigenvalue weighted by Gasteiger charge is -2.20. The summed E-state index contributed by atoms with van der Waals surface area (Å²) in [6.45, 7) is 2.75. The summed E-state index contributed by atoms with van der Waals surface area (Å²) in [6, 6.07) is 7.72. The summed E-state index contributed by atoms with van der Waals surface area (Å²) in [5.74, 6) is -0.0354. The number of aromatic nitrogens is 3. The first kappa shape index (κ1) is 16.0. The van der Waals surface area contributed by atoms with Gasteiger partial charge >= 0.3 is 0 Å². The smallest absolute Gasteiger partial charge is 0.298 e. The minimum atomic E-state index is -0.0354. The molecule has 130 valence electrons. The maximum atomic E-state index is 12.6.